The molecule has 0 bridgehead atoms. The summed E-state index contributed by atoms with van der Waals surface area (Å²) in [5.74, 6) is 0.905. The minimum Gasteiger partial charge on any atom is -0.304 e. The molecule has 0 saturated carbocycles. The van der Waals surface area contributed by atoms with Crippen molar-refractivity contribution in [2.24, 2.45) is 0 Å². The first-order chi connectivity index (χ1) is 22.5. The molecule has 1 radical (unpaired) electrons. The number of hydrogen-bond acceptors (Lipinski definition) is 2. The normalized spacial score (nSPS) is 11.2. The van der Waals surface area contributed by atoms with Crippen molar-refractivity contribution in [1.29, 1.82) is 0 Å². The first kappa shape index (κ1) is 32.3. The molecule has 0 aliphatic rings. The Morgan fingerprint density at radius 3 is 1.81 bits per heavy atom. The Labute approximate surface area is 290 Å². The van der Waals surface area contributed by atoms with Crippen molar-refractivity contribution in [2.75, 3.05) is 0 Å². The minimum atomic E-state index is 0. The Morgan fingerprint density at radius 2 is 1.09 bits per heavy atom. The Balaban J connectivity index is 0.000000192. The van der Waals surface area contributed by atoms with Gasteiger partial charge in [-0.2, -0.15) is 0 Å². The second-order valence-corrected chi connectivity index (χ2v) is 12.5. The van der Waals surface area contributed by atoms with Crippen LogP contribution in [0.2, 0.25) is 0 Å². The van der Waals surface area contributed by atoms with Crippen LogP contribution in [-0.2, 0) is 20.1 Å². The fourth-order valence-corrected chi connectivity index (χ4v) is 6.23. The van der Waals surface area contributed by atoms with E-state index in [0.717, 1.165) is 22.5 Å². The maximum absolute atomic E-state index is 4.82. The standard InChI is InChI=1S/C29H26N.C15H10N.Ir/c1-18(2)21-15-22(19(3)4)17-23(16-21)29-28-12-11-25-24-8-6-5-7-20(24)9-10-26(25)27(28)13-14-30-29;1-2-7-13(8-3-1)15-14-9-5-4-6-12(14)10-11-16-15;/h5-16,18-19H,1-4H3;1-7,9-11H;/q2*-1;. The Bertz CT molecular complexity index is 2290. The molecule has 3 heteroatoms. The third-order valence-corrected chi connectivity index (χ3v) is 8.76. The first-order valence-corrected chi connectivity index (χ1v) is 16.1. The van der Waals surface area contributed by atoms with Gasteiger partial charge in [-0.3, -0.25) is 0 Å². The predicted molar refractivity (Wildman–Crippen MR) is 195 cm³/mol. The van der Waals surface area contributed by atoms with Crippen LogP contribution in [0.5, 0.6) is 0 Å². The van der Waals surface area contributed by atoms with Crippen molar-refractivity contribution in [3.05, 3.63) is 157 Å². The molecular weight excluding hydrogens is 749 g/mol. The molecule has 8 rings (SSSR count). The van der Waals surface area contributed by atoms with Crippen LogP contribution in [0.25, 0.3) is 65.6 Å². The molecule has 6 aromatic carbocycles. The molecule has 0 amide bonds. The molecular formula is C44H36IrN2-2. The second-order valence-electron chi connectivity index (χ2n) is 12.5. The summed E-state index contributed by atoms with van der Waals surface area (Å²) in [5.41, 5.74) is 6.75. The van der Waals surface area contributed by atoms with Crippen LogP contribution in [0.4, 0.5) is 0 Å². The van der Waals surface area contributed by atoms with Gasteiger partial charge in [0.25, 0.3) is 0 Å². The molecule has 0 fully saturated rings. The van der Waals surface area contributed by atoms with Crippen molar-refractivity contribution in [1.82, 2.24) is 9.97 Å². The number of aromatic nitrogens is 2. The summed E-state index contributed by atoms with van der Waals surface area (Å²) in [6, 6.07) is 49.4. The zero-order chi connectivity index (χ0) is 31.6. The van der Waals surface area contributed by atoms with Crippen molar-refractivity contribution in [2.45, 2.75) is 39.5 Å². The third-order valence-electron chi connectivity index (χ3n) is 8.76. The molecule has 0 N–H and O–H groups in total. The maximum Gasteiger partial charge on any atom is 0.0167 e. The summed E-state index contributed by atoms with van der Waals surface area (Å²) in [6.45, 7) is 8.96. The van der Waals surface area contributed by atoms with Crippen LogP contribution in [0.3, 0.4) is 0 Å². The molecule has 2 nitrogen and oxygen atoms in total. The summed E-state index contributed by atoms with van der Waals surface area (Å²) < 4.78 is 0. The number of pyridine rings is 2. The molecule has 0 aliphatic carbocycles. The van der Waals surface area contributed by atoms with Gasteiger partial charge in [0.15, 0.2) is 0 Å². The van der Waals surface area contributed by atoms with Crippen LogP contribution in [0.15, 0.2) is 134 Å². The van der Waals surface area contributed by atoms with Gasteiger partial charge in [-0.05, 0) is 78.4 Å². The average molecular weight is 785 g/mol. The molecule has 47 heavy (non-hydrogen) atoms. The van der Waals surface area contributed by atoms with Gasteiger partial charge in [0.1, 0.15) is 0 Å². The largest absolute Gasteiger partial charge is 0.304 e. The van der Waals surface area contributed by atoms with E-state index < -0.39 is 0 Å². The fraction of sp³-hybridized carbons (Fsp3) is 0.136. The fourth-order valence-electron chi connectivity index (χ4n) is 6.23. The molecule has 8 aromatic rings. The van der Waals surface area contributed by atoms with Gasteiger partial charge in [0.05, 0.1) is 0 Å². The van der Waals surface area contributed by atoms with Gasteiger partial charge in [-0.1, -0.05) is 100 Å². The summed E-state index contributed by atoms with van der Waals surface area (Å²) in [7, 11) is 0. The summed E-state index contributed by atoms with van der Waals surface area (Å²) >= 11 is 0. The van der Waals surface area contributed by atoms with Gasteiger partial charge in [-0.15, -0.1) is 70.8 Å². The molecule has 0 spiro atoms. The first-order valence-electron chi connectivity index (χ1n) is 16.1. The minimum absolute atomic E-state index is 0. The van der Waals surface area contributed by atoms with E-state index in [4.69, 9.17) is 4.98 Å². The predicted octanol–water partition coefficient (Wildman–Crippen LogP) is 12.0. The van der Waals surface area contributed by atoms with Gasteiger partial charge in [0.2, 0.25) is 0 Å². The van der Waals surface area contributed by atoms with E-state index >= 15 is 0 Å². The molecule has 0 aliphatic heterocycles. The maximum atomic E-state index is 4.82. The topological polar surface area (TPSA) is 25.8 Å². The number of nitrogens with zero attached hydrogens (tertiary/aromatic N) is 2. The summed E-state index contributed by atoms with van der Waals surface area (Å²) in [5, 5.41) is 9.96. The van der Waals surface area contributed by atoms with Crippen LogP contribution in [0, 0.1) is 12.1 Å². The van der Waals surface area contributed by atoms with Crippen molar-refractivity contribution in [3.63, 3.8) is 0 Å². The van der Waals surface area contributed by atoms with E-state index in [9.17, 15) is 0 Å². The molecule has 0 unspecified atom stereocenters. The Morgan fingerprint density at radius 1 is 0.489 bits per heavy atom. The number of fused-ring (bicyclic) bond motifs is 6. The second kappa shape index (κ2) is 14.0. The molecule has 0 saturated heterocycles. The van der Waals surface area contributed by atoms with E-state index in [1.807, 2.05) is 54.9 Å². The zero-order valence-electron chi connectivity index (χ0n) is 27.1. The van der Waals surface area contributed by atoms with E-state index in [1.165, 1.54) is 54.2 Å². The monoisotopic (exact) mass is 785 g/mol. The Hall–Kier alpha value is -4.69. The van der Waals surface area contributed by atoms with Crippen molar-refractivity contribution < 1.29 is 20.1 Å². The smallest absolute Gasteiger partial charge is 0.0167 e. The van der Waals surface area contributed by atoms with Gasteiger partial charge in [0, 0.05) is 32.5 Å². The Kier molecular flexibility index (Phi) is 9.59. The molecule has 2 aromatic heterocycles. The third kappa shape index (κ3) is 6.47. The van der Waals surface area contributed by atoms with Crippen LogP contribution >= 0.6 is 0 Å². The SMILES string of the molecule is CC(C)c1[c-]c(-c2nccc3c2ccc2c4ccccc4ccc32)cc(C(C)C)c1.[Ir].[c-]1ccccc1-c1nccc2ccccc12. The van der Waals surface area contributed by atoms with Gasteiger partial charge in [-0.25, -0.2) is 0 Å². The molecule has 2 heterocycles. The van der Waals surface area contributed by atoms with Crippen LogP contribution < -0.4 is 0 Å². The van der Waals surface area contributed by atoms with E-state index in [1.54, 1.807) is 0 Å². The number of rotatable bonds is 4. The van der Waals surface area contributed by atoms with Crippen molar-refractivity contribution in [3.8, 4) is 22.5 Å². The van der Waals surface area contributed by atoms with Crippen LogP contribution in [-0.4, -0.2) is 9.97 Å². The van der Waals surface area contributed by atoms with Gasteiger partial charge >= 0.3 is 0 Å². The van der Waals surface area contributed by atoms with Crippen LogP contribution in [0.1, 0.15) is 50.7 Å². The number of benzene rings is 6. The molecule has 233 valence electrons. The zero-order valence-corrected chi connectivity index (χ0v) is 29.5. The summed E-state index contributed by atoms with van der Waals surface area (Å²) in [4.78, 5) is 9.26. The van der Waals surface area contributed by atoms with Gasteiger partial charge < -0.3 is 9.97 Å². The van der Waals surface area contributed by atoms with Crippen molar-refractivity contribution >= 4 is 43.1 Å². The van der Waals surface area contributed by atoms with E-state index in [0.29, 0.717) is 11.8 Å². The molecule has 0 atom stereocenters. The number of hydrogen-bond donors (Lipinski definition) is 0. The average Bonchev–Trinajstić information content (AvgIpc) is 3.11. The van der Waals surface area contributed by atoms with E-state index in [2.05, 4.69) is 124 Å². The quantitative estimate of drug-likeness (QED) is 0.131. The summed E-state index contributed by atoms with van der Waals surface area (Å²) in [6.07, 6.45) is 3.79. The van der Waals surface area contributed by atoms with E-state index in [-0.39, 0.29) is 20.1 Å².